The van der Waals surface area contributed by atoms with Gasteiger partial charge in [0.2, 0.25) is 0 Å². The summed E-state index contributed by atoms with van der Waals surface area (Å²) < 4.78 is 1.99. The Morgan fingerprint density at radius 1 is 1.60 bits per heavy atom. The summed E-state index contributed by atoms with van der Waals surface area (Å²) in [6.45, 7) is 5.04. The van der Waals surface area contributed by atoms with E-state index in [0.717, 1.165) is 30.4 Å². The third kappa shape index (κ3) is 3.07. The van der Waals surface area contributed by atoms with E-state index in [9.17, 15) is 0 Å². The largest absolute Gasteiger partial charge is 0.270 e. The molecule has 0 bridgehead atoms. The zero-order valence-corrected chi connectivity index (χ0v) is 10.8. The average Bonchev–Trinajstić information content (AvgIpc) is 2.68. The third-order valence-corrected chi connectivity index (χ3v) is 3.18. The first-order valence-corrected chi connectivity index (χ1v) is 6.38. The predicted octanol–water partition coefficient (Wildman–Crippen LogP) is 2.54. The van der Waals surface area contributed by atoms with Crippen molar-refractivity contribution in [2.45, 2.75) is 33.2 Å². The van der Waals surface area contributed by atoms with Crippen molar-refractivity contribution < 1.29 is 0 Å². The molecule has 0 amide bonds. The van der Waals surface area contributed by atoms with Gasteiger partial charge in [-0.3, -0.25) is 4.68 Å². The van der Waals surface area contributed by atoms with Gasteiger partial charge in [0.25, 0.3) is 0 Å². The van der Waals surface area contributed by atoms with Crippen molar-refractivity contribution in [3.63, 3.8) is 0 Å². The molecule has 0 fully saturated rings. The Hall–Kier alpha value is -0.820. The second-order valence-electron chi connectivity index (χ2n) is 3.48. The van der Waals surface area contributed by atoms with Crippen LogP contribution in [-0.2, 0) is 19.4 Å². The summed E-state index contributed by atoms with van der Waals surface area (Å²) in [4.78, 5) is 0. The molecule has 1 atom stereocenters. The van der Waals surface area contributed by atoms with E-state index < -0.39 is 0 Å². The lowest BCUT2D eigenvalue weighted by Crippen LogP contribution is -2.09. The van der Waals surface area contributed by atoms with Gasteiger partial charge in [0, 0.05) is 24.0 Å². The Morgan fingerprint density at radius 3 is 2.80 bits per heavy atom. The van der Waals surface area contributed by atoms with E-state index in [1.807, 2.05) is 4.68 Å². The number of nitrogens with zero attached hydrogens (tertiary/aromatic N) is 3. The highest BCUT2D eigenvalue weighted by Crippen LogP contribution is 2.13. The Bertz CT molecular complexity index is 351. The molecule has 0 saturated carbocycles. The molecule has 0 aliphatic heterocycles. The van der Waals surface area contributed by atoms with E-state index in [2.05, 4.69) is 47.0 Å². The van der Waals surface area contributed by atoms with Crippen LogP contribution >= 0.6 is 15.9 Å². The maximum atomic E-state index is 8.91. The van der Waals surface area contributed by atoms with Crippen LogP contribution in [0.1, 0.15) is 25.2 Å². The molecule has 1 aromatic rings. The van der Waals surface area contributed by atoms with Crippen LogP contribution in [0.3, 0.4) is 0 Å². The van der Waals surface area contributed by atoms with Crippen molar-refractivity contribution in [3.8, 4) is 6.07 Å². The minimum Gasteiger partial charge on any atom is -0.270 e. The smallest absolute Gasteiger partial charge is 0.0668 e. The molecule has 0 N–H and O–H groups in total. The molecule has 4 heteroatoms. The molecule has 3 nitrogen and oxygen atoms in total. The molecule has 82 valence electrons. The lowest BCUT2D eigenvalue weighted by Gasteiger charge is -2.06. The van der Waals surface area contributed by atoms with Crippen molar-refractivity contribution in [2.24, 2.45) is 5.92 Å². The number of halogens is 1. The third-order valence-electron chi connectivity index (χ3n) is 2.40. The fraction of sp³-hybridized carbons (Fsp3) is 0.636. The van der Waals surface area contributed by atoms with Gasteiger partial charge in [-0.05, 0) is 19.4 Å². The molecule has 0 aliphatic carbocycles. The second-order valence-corrected chi connectivity index (χ2v) is 4.13. The van der Waals surface area contributed by atoms with Crippen LogP contribution in [0.4, 0.5) is 0 Å². The number of nitriles is 1. The number of hydrogen-bond donors (Lipinski definition) is 0. The highest BCUT2D eigenvalue weighted by Gasteiger charge is 2.12. The van der Waals surface area contributed by atoms with Gasteiger partial charge < -0.3 is 0 Å². The molecule has 0 aromatic carbocycles. The van der Waals surface area contributed by atoms with Gasteiger partial charge >= 0.3 is 0 Å². The van der Waals surface area contributed by atoms with Crippen molar-refractivity contribution in [1.29, 1.82) is 5.26 Å². The van der Waals surface area contributed by atoms with Crippen LogP contribution < -0.4 is 0 Å². The summed E-state index contributed by atoms with van der Waals surface area (Å²) in [5.41, 5.74) is 2.28. The Morgan fingerprint density at radius 2 is 2.33 bits per heavy atom. The van der Waals surface area contributed by atoms with E-state index in [1.54, 1.807) is 0 Å². The summed E-state index contributed by atoms with van der Waals surface area (Å²) in [7, 11) is 0. The molecule has 1 unspecified atom stereocenters. The van der Waals surface area contributed by atoms with E-state index in [4.69, 9.17) is 5.26 Å². The summed E-state index contributed by atoms with van der Waals surface area (Å²) in [6, 6.07) is 4.40. The fourth-order valence-corrected chi connectivity index (χ4v) is 1.89. The Labute approximate surface area is 99.2 Å². The molecular weight excluding hydrogens is 254 g/mol. The molecule has 0 aliphatic rings. The average molecular weight is 270 g/mol. The fourth-order valence-electron chi connectivity index (χ4n) is 1.51. The van der Waals surface area contributed by atoms with Crippen LogP contribution in [0.5, 0.6) is 0 Å². The number of aryl methyl sites for hydroxylation is 2. The summed E-state index contributed by atoms with van der Waals surface area (Å²) in [6.07, 6.45) is 1.73. The van der Waals surface area contributed by atoms with Gasteiger partial charge in [0.1, 0.15) is 0 Å². The van der Waals surface area contributed by atoms with Crippen LogP contribution in [0.15, 0.2) is 6.07 Å². The van der Waals surface area contributed by atoms with Crippen LogP contribution in [0, 0.1) is 17.2 Å². The van der Waals surface area contributed by atoms with Gasteiger partial charge in [0.05, 0.1) is 17.7 Å². The zero-order valence-electron chi connectivity index (χ0n) is 9.20. The molecule has 15 heavy (non-hydrogen) atoms. The van der Waals surface area contributed by atoms with Crippen LogP contribution in [0.2, 0.25) is 0 Å². The van der Waals surface area contributed by atoms with E-state index in [0.29, 0.717) is 0 Å². The number of rotatable bonds is 5. The molecule has 1 rings (SSSR count). The molecule has 1 aromatic heterocycles. The molecule has 0 saturated heterocycles. The highest BCUT2D eigenvalue weighted by atomic mass is 79.9. The Kier molecular flexibility index (Phi) is 4.83. The van der Waals surface area contributed by atoms with Crippen LogP contribution in [-0.4, -0.2) is 15.1 Å². The van der Waals surface area contributed by atoms with Crippen molar-refractivity contribution >= 4 is 15.9 Å². The Balaban J connectivity index is 2.83. The standard InChI is InChI=1S/C11H16BrN3/c1-3-10-6-11(15(4-2)14-10)5-9(7-12)8-13/h6,9H,3-5,7H2,1-2H3. The molecule has 0 spiro atoms. The minimum absolute atomic E-state index is 0.0386. The molecule has 1 heterocycles. The topological polar surface area (TPSA) is 41.6 Å². The van der Waals surface area contributed by atoms with Crippen molar-refractivity contribution in [1.82, 2.24) is 9.78 Å². The van der Waals surface area contributed by atoms with Gasteiger partial charge in [-0.25, -0.2) is 0 Å². The zero-order chi connectivity index (χ0) is 11.3. The minimum atomic E-state index is 0.0386. The first-order chi connectivity index (χ1) is 7.24. The maximum Gasteiger partial charge on any atom is 0.0668 e. The van der Waals surface area contributed by atoms with E-state index in [1.165, 1.54) is 5.69 Å². The number of aromatic nitrogens is 2. The summed E-state index contributed by atoms with van der Waals surface area (Å²) >= 11 is 3.35. The van der Waals surface area contributed by atoms with Crippen molar-refractivity contribution in [3.05, 3.63) is 17.5 Å². The SMILES string of the molecule is CCc1cc(CC(C#N)CBr)n(CC)n1. The van der Waals surface area contributed by atoms with E-state index in [-0.39, 0.29) is 5.92 Å². The van der Waals surface area contributed by atoms with Crippen LogP contribution in [0.25, 0.3) is 0 Å². The monoisotopic (exact) mass is 269 g/mol. The lowest BCUT2D eigenvalue weighted by atomic mass is 10.1. The van der Waals surface area contributed by atoms with E-state index >= 15 is 0 Å². The highest BCUT2D eigenvalue weighted by molar-refractivity contribution is 9.09. The quantitative estimate of drug-likeness (QED) is 0.771. The van der Waals surface area contributed by atoms with Gasteiger partial charge in [0.15, 0.2) is 0 Å². The lowest BCUT2D eigenvalue weighted by molar-refractivity contribution is 0.590. The summed E-state index contributed by atoms with van der Waals surface area (Å²) in [5.74, 6) is 0.0386. The van der Waals surface area contributed by atoms with Gasteiger partial charge in [-0.2, -0.15) is 10.4 Å². The number of alkyl halides is 1. The first-order valence-electron chi connectivity index (χ1n) is 5.26. The normalized spacial score (nSPS) is 12.4. The number of hydrogen-bond acceptors (Lipinski definition) is 2. The predicted molar refractivity (Wildman–Crippen MR) is 63.9 cm³/mol. The first kappa shape index (κ1) is 12.3. The maximum absolute atomic E-state index is 8.91. The summed E-state index contributed by atoms with van der Waals surface area (Å²) in [5, 5.41) is 14.1. The van der Waals surface area contributed by atoms with Gasteiger partial charge in [-0.1, -0.05) is 22.9 Å². The van der Waals surface area contributed by atoms with Crippen molar-refractivity contribution in [2.75, 3.05) is 5.33 Å². The van der Waals surface area contributed by atoms with Gasteiger partial charge in [-0.15, -0.1) is 0 Å². The molecular formula is C11H16BrN3. The molecule has 0 radical (unpaired) electrons. The second kappa shape index (κ2) is 5.92.